The second-order valence-electron chi connectivity index (χ2n) is 6.18. The predicted molar refractivity (Wildman–Crippen MR) is 103 cm³/mol. The highest BCUT2D eigenvalue weighted by Gasteiger charge is 2.19. The zero-order chi connectivity index (χ0) is 17.6. The highest BCUT2D eigenvalue weighted by Crippen LogP contribution is 2.20. The molecule has 1 N–H and O–H groups in total. The molecule has 0 aromatic heterocycles. The van der Waals surface area contributed by atoms with E-state index < -0.39 is 6.10 Å². The van der Waals surface area contributed by atoms with E-state index in [4.69, 9.17) is 27.9 Å². The molecule has 0 spiro atoms. The van der Waals surface area contributed by atoms with Crippen molar-refractivity contribution in [3.05, 3.63) is 58.6 Å². The molecule has 2 aromatic carbocycles. The van der Waals surface area contributed by atoms with Crippen molar-refractivity contribution < 1.29 is 9.84 Å². The summed E-state index contributed by atoms with van der Waals surface area (Å²) in [6.45, 7) is 4.60. The molecule has 0 amide bonds. The Labute approximate surface area is 158 Å². The Morgan fingerprint density at radius 3 is 2.04 bits per heavy atom. The molecule has 4 nitrogen and oxygen atoms in total. The molecule has 0 bridgehead atoms. The first kappa shape index (κ1) is 18.3. The number of aliphatic hydroxyl groups is 1. The van der Waals surface area contributed by atoms with E-state index in [9.17, 15) is 5.11 Å². The molecule has 0 aliphatic carbocycles. The average Bonchev–Trinajstić information content (AvgIpc) is 2.63. The lowest BCUT2D eigenvalue weighted by molar-refractivity contribution is 0.0663. The van der Waals surface area contributed by atoms with Gasteiger partial charge in [-0.2, -0.15) is 0 Å². The molecule has 25 heavy (non-hydrogen) atoms. The number of nitrogens with zero attached hydrogens (tertiary/aromatic N) is 2. The molecule has 0 saturated carbocycles. The fourth-order valence-corrected chi connectivity index (χ4v) is 3.17. The van der Waals surface area contributed by atoms with E-state index in [0.717, 1.165) is 37.0 Å². The molecule has 3 rings (SSSR count). The Kier molecular flexibility index (Phi) is 6.43. The molecule has 1 aliphatic heterocycles. The van der Waals surface area contributed by atoms with E-state index in [1.807, 2.05) is 24.3 Å². The highest BCUT2D eigenvalue weighted by molar-refractivity contribution is 6.30. The van der Waals surface area contributed by atoms with Crippen molar-refractivity contribution in [2.45, 2.75) is 6.10 Å². The maximum atomic E-state index is 10.2. The summed E-state index contributed by atoms with van der Waals surface area (Å²) < 4.78 is 5.61. The molecule has 0 radical (unpaired) electrons. The van der Waals surface area contributed by atoms with Crippen LogP contribution in [0.5, 0.6) is 5.75 Å². The molecule has 0 unspecified atom stereocenters. The second kappa shape index (κ2) is 8.77. The van der Waals surface area contributed by atoms with E-state index in [2.05, 4.69) is 9.80 Å². The van der Waals surface area contributed by atoms with Gasteiger partial charge in [-0.15, -0.1) is 0 Å². The zero-order valence-corrected chi connectivity index (χ0v) is 15.5. The van der Waals surface area contributed by atoms with E-state index in [-0.39, 0.29) is 6.61 Å². The molecular formula is C19H22Cl2N2O2. The molecule has 1 fully saturated rings. The monoisotopic (exact) mass is 380 g/mol. The van der Waals surface area contributed by atoms with Crippen molar-refractivity contribution in [3.63, 3.8) is 0 Å². The normalized spacial score (nSPS) is 16.7. The maximum absolute atomic E-state index is 10.2. The standard InChI is InChI=1S/C19H22Cl2N2O2/c20-15-1-5-17(6-2-15)23-11-9-22(10-12-23)13-18(24)14-25-19-7-3-16(21)4-8-19/h1-8,18,24H,9-14H2/t18-/m0/s1. The van der Waals surface area contributed by atoms with E-state index in [1.165, 1.54) is 5.69 Å². The molecule has 1 saturated heterocycles. The summed E-state index contributed by atoms with van der Waals surface area (Å²) in [5, 5.41) is 11.6. The number of anilines is 1. The average molecular weight is 381 g/mol. The van der Waals surface area contributed by atoms with Crippen LogP contribution in [0.1, 0.15) is 0 Å². The van der Waals surface area contributed by atoms with Crippen LogP contribution in [0.15, 0.2) is 48.5 Å². The summed E-state index contributed by atoms with van der Waals surface area (Å²) in [5.41, 5.74) is 1.19. The smallest absolute Gasteiger partial charge is 0.119 e. The van der Waals surface area contributed by atoms with Crippen molar-refractivity contribution in [2.75, 3.05) is 44.2 Å². The van der Waals surface area contributed by atoms with Gasteiger partial charge in [0.1, 0.15) is 18.5 Å². The van der Waals surface area contributed by atoms with Crippen LogP contribution in [0.4, 0.5) is 5.69 Å². The highest BCUT2D eigenvalue weighted by atomic mass is 35.5. The molecule has 1 aliphatic rings. The molecule has 6 heteroatoms. The predicted octanol–water partition coefficient (Wildman–Crippen LogP) is 3.56. The van der Waals surface area contributed by atoms with Gasteiger partial charge < -0.3 is 14.7 Å². The SMILES string of the molecule is O[C@H](COc1ccc(Cl)cc1)CN1CCN(c2ccc(Cl)cc2)CC1. The second-order valence-corrected chi connectivity index (χ2v) is 7.06. The lowest BCUT2D eigenvalue weighted by Crippen LogP contribution is -2.49. The van der Waals surface area contributed by atoms with Crippen LogP contribution in [-0.2, 0) is 0 Å². The van der Waals surface area contributed by atoms with Crippen LogP contribution < -0.4 is 9.64 Å². The van der Waals surface area contributed by atoms with Gasteiger partial charge in [0.05, 0.1) is 0 Å². The quantitative estimate of drug-likeness (QED) is 0.830. The fraction of sp³-hybridized carbons (Fsp3) is 0.368. The number of hydrogen-bond donors (Lipinski definition) is 1. The third-order valence-corrected chi connectivity index (χ3v) is 4.79. The number of aliphatic hydroxyl groups excluding tert-OH is 1. The minimum absolute atomic E-state index is 0.277. The van der Waals surface area contributed by atoms with Gasteiger partial charge in [0.15, 0.2) is 0 Å². The first-order valence-electron chi connectivity index (χ1n) is 8.39. The third-order valence-electron chi connectivity index (χ3n) is 4.29. The Hall–Kier alpha value is -1.46. The largest absolute Gasteiger partial charge is 0.491 e. The lowest BCUT2D eigenvalue weighted by Gasteiger charge is -2.36. The molecule has 1 heterocycles. The number of rotatable bonds is 6. The first-order valence-corrected chi connectivity index (χ1v) is 9.15. The topological polar surface area (TPSA) is 35.9 Å². The Balaban J connectivity index is 1.40. The first-order chi connectivity index (χ1) is 12.1. The van der Waals surface area contributed by atoms with Gasteiger partial charge in [0, 0.05) is 48.5 Å². The van der Waals surface area contributed by atoms with Gasteiger partial charge in [-0.05, 0) is 48.5 Å². The van der Waals surface area contributed by atoms with Gasteiger partial charge in [-0.25, -0.2) is 0 Å². The summed E-state index contributed by atoms with van der Waals surface area (Å²) in [6.07, 6.45) is -0.516. The van der Waals surface area contributed by atoms with Crippen LogP contribution in [0, 0.1) is 0 Å². The van der Waals surface area contributed by atoms with Gasteiger partial charge in [0.25, 0.3) is 0 Å². The molecule has 2 aromatic rings. The van der Waals surface area contributed by atoms with Crippen molar-refractivity contribution in [2.24, 2.45) is 0 Å². The van der Waals surface area contributed by atoms with Crippen molar-refractivity contribution in [1.29, 1.82) is 0 Å². The summed E-state index contributed by atoms with van der Waals surface area (Å²) >= 11 is 11.8. The molecule has 1 atom stereocenters. The van der Waals surface area contributed by atoms with Crippen LogP contribution >= 0.6 is 23.2 Å². The molecule has 134 valence electrons. The van der Waals surface area contributed by atoms with Crippen LogP contribution in [-0.4, -0.2) is 55.4 Å². The minimum atomic E-state index is -0.516. The van der Waals surface area contributed by atoms with Gasteiger partial charge >= 0.3 is 0 Å². The van der Waals surface area contributed by atoms with Crippen LogP contribution in [0.3, 0.4) is 0 Å². The number of β-amino-alcohol motifs (C(OH)–C–C–N with tert-alkyl or cyclic N) is 1. The Bertz CT molecular complexity index is 656. The van der Waals surface area contributed by atoms with Gasteiger partial charge in [-0.1, -0.05) is 23.2 Å². The van der Waals surface area contributed by atoms with Crippen LogP contribution in [0.2, 0.25) is 10.0 Å². The number of ether oxygens (including phenoxy) is 1. The minimum Gasteiger partial charge on any atom is -0.491 e. The van der Waals surface area contributed by atoms with Gasteiger partial charge in [-0.3, -0.25) is 4.90 Å². The Morgan fingerprint density at radius 1 is 0.880 bits per heavy atom. The van der Waals surface area contributed by atoms with Crippen molar-refractivity contribution >= 4 is 28.9 Å². The van der Waals surface area contributed by atoms with Crippen molar-refractivity contribution in [3.8, 4) is 5.75 Å². The summed E-state index contributed by atoms with van der Waals surface area (Å²) in [6, 6.07) is 15.1. The van der Waals surface area contributed by atoms with E-state index >= 15 is 0 Å². The number of halogens is 2. The zero-order valence-electron chi connectivity index (χ0n) is 13.9. The number of hydrogen-bond acceptors (Lipinski definition) is 4. The Morgan fingerprint density at radius 2 is 1.44 bits per heavy atom. The third kappa shape index (κ3) is 5.51. The summed E-state index contributed by atoms with van der Waals surface area (Å²) in [5.74, 6) is 0.719. The maximum Gasteiger partial charge on any atom is 0.119 e. The summed E-state index contributed by atoms with van der Waals surface area (Å²) in [4.78, 5) is 4.60. The van der Waals surface area contributed by atoms with E-state index in [1.54, 1.807) is 24.3 Å². The fourth-order valence-electron chi connectivity index (χ4n) is 2.91. The molecular weight excluding hydrogens is 359 g/mol. The number of benzene rings is 2. The summed E-state index contributed by atoms with van der Waals surface area (Å²) in [7, 11) is 0. The van der Waals surface area contributed by atoms with Crippen molar-refractivity contribution in [1.82, 2.24) is 4.90 Å². The van der Waals surface area contributed by atoms with E-state index in [0.29, 0.717) is 11.6 Å². The van der Waals surface area contributed by atoms with Gasteiger partial charge in [0.2, 0.25) is 0 Å². The number of piperazine rings is 1. The van der Waals surface area contributed by atoms with Crippen LogP contribution in [0.25, 0.3) is 0 Å². The lowest BCUT2D eigenvalue weighted by atomic mass is 10.2.